The summed E-state index contributed by atoms with van der Waals surface area (Å²) in [5.74, 6) is 0. The van der Waals surface area contributed by atoms with Crippen molar-refractivity contribution >= 4 is 27.3 Å². The fraction of sp³-hybridized carbons (Fsp3) is 0.444. The maximum absolute atomic E-state index is 3.91. The molecule has 0 aliphatic heterocycles. The lowest BCUT2D eigenvalue weighted by Crippen LogP contribution is -1.95. The van der Waals surface area contributed by atoms with Crippen LogP contribution in [0.4, 0.5) is 0 Å². The Morgan fingerprint density at radius 3 is 2.80 bits per heavy atom. The Morgan fingerprint density at radius 2 is 1.95 bits per heavy atom. The van der Waals surface area contributed by atoms with E-state index in [-0.39, 0.29) is 0 Å². The van der Waals surface area contributed by atoms with Crippen LogP contribution in [0.2, 0.25) is 0 Å². The van der Waals surface area contributed by atoms with Gasteiger partial charge in [0.05, 0.1) is 4.83 Å². The average Bonchev–Trinajstić information content (AvgIpc) is 2.73. The van der Waals surface area contributed by atoms with Crippen molar-refractivity contribution in [2.24, 2.45) is 0 Å². The minimum Gasteiger partial charge on any atom is -0.144 e. The maximum Gasteiger partial charge on any atom is 0.0529 e. The van der Waals surface area contributed by atoms with E-state index < -0.39 is 0 Å². The van der Waals surface area contributed by atoms with Crippen LogP contribution in [0.1, 0.15) is 50.5 Å². The number of fused-ring (bicyclic) bond motifs is 1. The third-order valence-corrected chi connectivity index (χ3v) is 6.71. The van der Waals surface area contributed by atoms with Crippen LogP contribution in [0.25, 0.3) is 0 Å². The Labute approximate surface area is 134 Å². The molecule has 0 saturated carbocycles. The Morgan fingerprint density at radius 1 is 1.15 bits per heavy atom. The van der Waals surface area contributed by atoms with Crippen molar-refractivity contribution in [1.82, 2.24) is 0 Å². The highest BCUT2D eigenvalue weighted by Gasteiger charge is 2.17. The predicted octanol–water partition coefficient (Wildman–Crippen LogP) is 6.00. The van der Waals surface area contributed by atoms with E-state index in [0.29, 0.717) is 4.83 Å². The summed E-state index contributed by atoms with van der Waals surface area (Å²) >= 11 is 5.95. The van der Waals surface area contributed by atoms with Crippen molar-refractivity contribution in [3.63, 3.8) is 0 Å². The van der Waals surface area contributed by atoms with Gasteiger partial charge in [0.1, 0.15) is 0 Å². The van der Waals surface area contributed by atoms with Crippen LogP contribution in [-0.4, -0.2) is 0 Å². The van der Waals surface area contributed by atoms with Gasteiger partial charge in [0.15, 0.2) is 0 Å². The van der Waals surface area contributed by atoms with E-state index in [1.54, 1.807) is 10.4 Å². The topological polar surface area (TPSA) is 0 Å². The van der Waals surface area contributed by atoms with Crippen molar-refractivity contribution < 1.29 is 0 Å². The van der Waals surface area contributed by atoms with Gasteiger partial charge in [-0.2, -0.15) is 0 Å². The second-order valence-electron chi connectivity index (χ2n) is 5.76. The smallest absolute Gasteiger partial charge is 0.0529 e. The van der Waals surface area contributed by atoms with Crippen molar-refractivity contribution in [3.8, 4) is 0 Å². The van der Waals surface area contributed by atoms with Crippen LogP contribution in [-0.2, 0) is 19.3 Å². The fourth-order valence-electron chi connectivity index (χ4n) is 2.98. The summed E-state index contributed by atoms with van der Waals surface area (Å²) in [6.07, 6.45) is 7.81. The average molecular weight is 349 g/mol. The van der Waals surface area contributed by atoms with Crippen molar-refractivity contribution in [1.29, 1.82) is 0 Å². The number of alkyl halides is 1. The molecule has 0 spiro atoms. The first kappa shape index (κ1) is 14.3. The van der Waals surface area contributed by atoms with Crippen LogP contribution >= 0.6 is 27.3 Å². The summed E-state index contributed by atoms with van der Waals surface area (Å²) in [6.45, 7) is 2.21. The van der Waals surface area contributed by atoms with E-state index in [2.05, 4.69) is 53.2 Å². The van der Waals surface area contributed by atoms with E-state index >= 15 is 0 Å². The Kier molecular flexibility index (Phi) is 4.62. The van der Waals surface area contributed by atoms with Crippen molar-refractivity contribution in [2.75, 3.05) is 0 Å². The number of thiophene rings is 1. The summed E-state index contributed by atoms with van der Waals surface area (Å²) < 4.78 is 0. The van der Waals surface area contributed by atoms with Crippen molar-refractivity contribution in [3.05, 3.63) is 56.8 Å². The molecule has 1 atom stereocenters. The zero-order valence-electron chi connectivity index (χ0n) is 12.0. The number of hydrogen-bond acceptors (Lipinski definition) is 1. The van der Waals surface area contributed by atoms with Gasteiger partial charge in [0.25, 0.3) is 0 Å². The third kappa shape index (κ3) is 3.17. The lowest BCUT2D eigenvalue weighted by atomic mass is 10.0. The zero-order chi connectivity index (χ0) is 13.9. The van der Waals surface area contributed by atoms with Gasteiger partial charge in [-0.15, -0.1) is 11.3 Å². The molecule has 1 aliphatic rings. The number of hydrogen-bond donors (Lipinski definition) is 0. The molecule has 0 saturated heterocycles. The van der Waals surface area contributed by atoms with Gasteiger partial charge in [-0.1, -0.05) is 46.6 Å². The first-order valence-corrected chi connectivity index (χ1v) is 9.27. The minimum absolute atomic E-state index is 0.459. The maximum atomic E-state index is 3.91. The molecule has 0 fully saturated rings. The fourth-order valence-corrected chi connectivity index (χ4v) is 4.97. The Balaban J connectivity index is 1.77. The van der Waals surface area contributed by atoms with Crippen LogP contribution in [0.5, 0.6) is 0 Å². The predicted molar refractivity (Wildman–Crippen MR) is 92.1 cm³/mol. The van der Waals surface area contributed by atoms with Gasteiger partial charge in [0.2, 0.25) is 0 Å². The molecule has 1 aromatic carbocycles. The lowest BCUT2D eigenvalue weighted by Gasteiger charge is -2.10. The number of halogens is 1. The van der Waals surface area contributed by atoms with Gasteiger partial charge in [-0.05, 0) is 61.8 Å². The Bertz CT molecular complexity index is 561. The monoisotopic (exact) mass is 348 g/mol. The first-order chi connectivity index (χ1) is 9.74. The molecular weight excluding hydrogens is 328 g/mol. The molecular formula is C18H21BrS. The highest BCUT2D eigenvalue weighted by molar-refractivity contribution is 9.09. The summed E-state index contributed by atoms with van der Waals surface area (Å²) in [5.41, 5.74) is 4.48. The molecule has 2 heteroatoms. The first-order valence-electron chi connectivity index (χ1n) is 7.54. The molecule has 0 amide bonds. The summed E-state index contributed by atoms with van der Waals surface area (Å²) in [4.78, 5) is 3.62. The molecule has 20 heavy (non-hydrogen) atoms. The molecule has 1 heterocycles. The molecule has 0 nitrogen and oxygen atoms in total. The van der Waals surface area contributed by atoms with Crippen molar-refractivity contribution in [2.45, 2.75) is 50.3 Å². The normalized spacial score (nSPS) is 16.5. The van der Waals surface area contributed by atoms with Gasteiger partial charge < -0.3 is 0 Å². The van der Waals surface area contributed by atoms with E-state index in [1.807, 2.05) is 11.3 Å². The summed E-state index contributed by atoms with van der Waals surface area (Å²) in [6, 6.07) is 11.2. The molecule has 1 aromatic heterocycles. The second kappa shape index (κ2) is 6.44. The highest BCUT2D eigenvalue weighted by atomic mass is 79.9. The summed E-state index contributed by atoms with van der Waals surface area (Å²) in [5, 5.41) is 0. The molecule has 2 aromatic rings. The number of benzene rings is 1. The van der Waals surface area contributed by atoms with Crippen LogP contribution in [0, 0.1) is 6.92 Å². The molecule has 0 bridgehead atoms. The van der Waals surface area contributed by atoms with E-state index in [9.17, 15) is 0 Å². The summed E-state index contributed by atoms with van der Waals surface area (Å²) in [7, 11) is 0. The standard InChI is InChI=1S/C18H21BrS/c1-13-7-5-6-8-14(13)11-16(19)18-12-15-9-3-2-4-10-17(15)20-18/h5-8,12,16H,2-4,9-11H2,1H3. The molecule has 1 unspecified atom stereocenters. The third-order valence-electron chi connectivity index (χ3n) is 4.23. The molecule has 1 aliphatic carbocycles. The number of aryl methyl sites for hydroxylation is 3. The van der Waals surface area contributed by atoms with E-state index in [4.69, 9.17) is 0 Å². The van der Waals surface area contributed by atoms with Crippen LogP contribution in [0.15, 0.2) is 30.3 Å². The van der Waals surface area contributed by atoms with Gasteiger partial charge in [-0.3, -0.25) is 0 Å². The largest absolute Gasteiger partial charge is 0.144 e. The van der Waals surface area contributed by atoms with Crippen LogP contribution < -0.4 is 0 Å². The van der Waals surface area contributed by atoms with Gasteiger partial charge >= 0.3 is 0 Å². The Hall–Kier alpha value is -0.600. The van der Waals surface area contributed by atoms with Crippen LogP contribution in [0.3, 0.4) is 0 Å². The molecule has 3 rings (SSSR count). The quantitative estimate of drug-likeness (QED) is 0.471. The zero-order valence-corrected chi connectivity index (χ0v) is 14.4. The van der Waals surface area contributed by atoms with E-state index in [1.165, 1.54) is 48.1 Å². The lowest BCUT2D eigenvalue weighted by molar-refractivity contribution is 0.712. The second-order valence-corrected chi connectivity index (χ2v) is 8.03. The van der Waals surface area contributed by atoms with E-state index in [0.717, 1.165) is 6.42 Å². The molecule has 106 valence electrons. The van der Waals surface area contributed by atoms with Gasteiger partial charge in [0, 0.05) is 9.75 Å². The molecule has 0 radical (unpaired) electrons. The van der Waals surface area contributed by atoms with Gasteiger partial charge in [-0.25, -0.2) is 0 Å². The SMILES string of the molecule is Cc1ccccc1CC(Br)c1cc2c(s1)CCCCC2. The number of rotatable bonds is 3. The minimum atomic E-state index is 0.459. The molecule has 0 N–H and O–H groups in total. The highest BCUT2D eigenvalue weighted by Crippen LogP contribution is 2.37.